The molecule has 0 amide bonds. The summed E-state index contributed by atoms with van der Waals surface area (Å²) in [5, 5.41) is 14.8. The topological polar surface area (TPSA) is 38.0 Å². The second-order valence-electron chi connectivity index (χ2n) is 5.16. The Balaban J connectivity index is 2.13. The largest absolute Gasteiger partial charge is 0.386 e. The summed E-state index contributed by atoms with van der Waals surface area (Å²) in [6, 6.07) is 0. The number of rotatable bonds is 3. The monoisotopic (exact) mass is 300 g/mol. The van der Waals surface area contributed by atoms with Gasteiger partial charge in [-0.25, -0.2) is 0 Å². The number of aromatic nitrogens is 2. The third-order valence-electron chi connectivity index (χ3n) is 3.92. The van der Waals surface area contributed by atoms with E-state index in [0.29, 0.717) is 5.92 Å². The van der Waals surface area contributed by atoms with Gasteiger partial charge in [-0.15, -0.1) is 0 Å². The third kappa shape index (κ3) is 2.74. The van der Waals surface area contributed by atoms with E-state index in [4.69, 9.17) is 0 Å². The summed E-state index contributed by atoms with van der Waals surface area (Å²) in [6.07, 6.45) is 6.14. The second-order valence-corrected chi connectivity index (χ2v) is 6.01. The Kier molecular flexibility index (Phi) is 4.26. The molecule has 1 atom stereocenters. The van der Waals surface area contributed by atoms with Gasteiger partial charge in [-0.1, -0.05) is 19.8 Å². The predicted molar refractivity (Wildman–Crippen MR) is 71.7 cm³/mol. The Morgan fingerprint density at radius 1 is 1.47 bits per heavy atom. The van der Waals surface area contributed by atoms with Crippen LogP contribution in [0.3, 0.4) is 0 Å². The molecule has 1 saturated carbocycles. The zero-order valence-corrected chi connectivity index (χ0v) is 12.2. The van der Waals surface area contributed by atoms with Crippen LogP contribution in [-0.4, -0.2) is 14.9 Å². The molecule has 1 aliphatic carbocycles. The fourth-order valence-electron chi connectivity index (χ4n) is 2.74. The molecular weight excluding hydrogens is 280 g/mol. The molecular formula is C13H21BrN2O. The summed E-state index contributed by atoms with van der Waals surface area (Å²) in [6.45, 7) is 5.16. The molecule has 3 nitrogen and oxygen atoms in total. The summed E-state index contributed by atoms with van der Waals surface area (Å²) in [7, 11) is 0. The number of hydrogen-bond acceptors (Lipinski definition) is 2. The first-order chi connectivity index (χ1) is 8.13. The van der Waals surface area contributed by atoms with E-state index in [-0.39, 0.29) is 6.10 Å². The second kappa shape index (κ2) is 5.53. The Hall–Kier alpha value is -0.350. The van der Waals surface area contributed by atoms with Crippen LogP contribution in [0.25, 0.3) is 0 Å². The minimum Gasteiger partial charge on any atom is -0.386 e. The van der Waals surface area contributed by atoms with Crippen LogP contribution in [0.5, 0.6) is 0 Å². The molecule has 1 N–H and O–H groups in total. The van der Waals surface area contributed by atoms with Gasteiger partial charge < -0.3 is 5.11 Å². The maximum Gasteiger partial charge on any atom is 0.0996 e. The van der Waals surface area contributed by atoms with Crippen molar-refractivity contribution in [1.82, 2.24) is 9.78 Å². The first-order valence-electron chi connectivity index (χ1n) is 6.52. The summed E-state index contributed by atoms with van der Waals surface area (Å²) >= 11 is 3.49. The van der Waals surface area contributed by atoms with Gasteiger partial charge in [0.2, 0.25) is 0 Å². The quantitative estimate of drug-likeness (QED) is 0.927. The Bertz CT molecular complexity index is 369. The van der Waals surface area contributed by atoms with Gasteiger partial charge in [-0.05, 0) is 47.5 Å². The van der Waals surface area contributed by atoms with E-state index in [1.165, 1.54) is 12.8 Å². The first-order valence-corrected chi connectivity index (χ1v) is 7.32. The molecule has 1 aromatic rings. The zero-order chi connectivity index (χ0) is 12.4. The smallest absolute Gasteiger partial charge is 0.0996 e. The van der Waals surface area contributed by atoms with Gasteiger partial charge in [-0.2, -0.15) is 5.10 Å². The number of aliphatic hydroxyl groups excluding tert-OH is 1. The van der Waals surface area contributed by atoms with Crippen LogP contribution in [-0.2, 0) is 6.54 Å². The number of hydrogen-bond donors (Lipinski definition) is 1. The molecule has 4 heteroatoms. The van der Waals surface area contributed by atoms with Gasteiger partial charge in [0.25, 0.3) is 0 Å². The van der Waals surface area contributed by atoms with Crippen molar-refractivity contribution in [1.29, 1.82) is 0 Å². The standard InChI is InChI=1S/C13H21BrN2O/c1-3-16-12(11(14)8-15-16)13(17)10-6-4-9(2)5-7-10/h8-10,13,17H,3-7H2,1-2H3. The van der Waals surface area contributed by atoms with Gasteiger partial charge in [0.1, 0.15) is 0 Å². The lowest BCUT2D eigenvalue weighted by molar-refractivity contribution is 0.0676. The average Bonchev–Trinajstić information content (AvgIpc) is 2.70. The van der Waals surface area contributed by atoms with Gasteiger partial charge in [0, 0.05) is 6.54 Å². The molecule has 96 valence electrons. The molecule has 2 rings (SSSR count). The minimum absolute atomic E-state index is 0.376. The number of aryl methyl sites for hydroxylation is 1. The third-order valence-corrected chi connectivity index (χ3v) is 4.53. The number of nitrogens with zero attached hydrogens (tertiary/aromatic N) is 2. The van der Waals surface area contributed by atoms with Crippen LogP contribution in [0.2, 0.25) is 0 Å². The van der Waals surface area contributed by atoms with Crippen molar-refractivity contribution in [3.8, 4) is 0 Å². The summed E-state index contributed by atoms with van der Waals surface area (Å²) in [5.41, 5.74) is 0.951. The molecule has 0 aromatic carbocycles. The van der Waals surface area contributed by atoms with Crippen LogP contribution in [0, 0.1) is 11.8 Å². The average molecular weight is 301 g/mol. The van der Waals surface area contributed by atoms with Crippen molar-refractivity contribution in [3.63, 3.8) is 0 Å². The van der Waals surface area contributed by atoms with Gasteiger partial charge in [0.15, 0.2) is 0 Å². The Morgan fingerprint density at radius 2 is 2.12 bits per heavy atom. The molecule has 0 spiro atoms. The van der Waals surface area contributed by atoms with E-state index >= 15 is 0 Å². The molecule has 17 heavy (non-hydrogen) atoms. The van der Waals surface area contributed by atoms with Crippen LogP contribution in [0.15, 0.2) is 10.7 Å². The fourth-order valence-corrected chi connectivity index (χ4v) is 3.27. The van der Waals surface area contributed by atoms with Crippen LogP contribution in [0.1, 0.15) is 51.3 Å². The van der Waals surface area contributed by atoms with Crippen molar-refractivity contribution in [2.24, 2.45) is 11.8 Å². The summed E-state index contributed by atoms with van der Waals surface area (Å²) < 4.78 is 2.83. The molecule has 1 unspecified atom stereocenters. The van der Waals surface area contributed by atoms with Crippen molar-refractivity contribution in [2.45, 2.75) is 52.2 Å². The molecule has 1 aromatic heterocycles. The summed E-state index contributed by atoms with van der Waals surface area (Å²) in [5.74, 6) is 1.21. The molecule has 0 saturated heterocycles. The zero-order valence-electron chi connectivity index (χ0n) is 10.6. The molecule has 0 bridgehead atoms. The number of aliphatic hydroxyl groups is 1. The summed E-state index contributed by atoms with van der Waals surface area (Å²) in [4.78, 5) is 0. The van der Waals surface area contributed by atoms with Crippen LogP contribution >= 0.6 is 15.9 Å². The Labute approximate surface area is 111 Å². The SMILES string of the molecule is CCn1ncc(Br)c1C(O)C1CCC(C)CC1. The molecule has 0 radical (unpaired) electrons. The predicted octanol–water partition coefficient (Wildman–Crippen LogP) is 3.53. The van der Waals surface area contributed by atoms with E-state index in [2.05, 4.69) is 34.9 Å². The minimum atomic E-state index is -0.376. The lowest BCUT2D eigenvalue weighted by Gasteiger charge is -2.30. The van der Waals surface area contributed by atoms with Gasteiger partial charge >= 0.3 is 0 Å². The van der Waals surface area contributed by atoms with Gasteiger partial charge in [0.05, 0.1) is 22.5 Å². The number of halogens is 1. The van der Waals surface area contributed by atoms with E-state index in [0.717, 1.165) is 35.5 Å². The van der Waals surface area contributed by atoms with Crippen molar-refractivity contribution < 1.29 is 5.11 Å². The highest BCUT2D eigenvalue weighted by molar-refractivity contribution is 9.10. The van der Waals surface area contributed by atoms with Crippen LogP contribution < -0.4 is 0 Å². The molecule has 1 fully saturated rings. The van der Waals surface area contributed by atoms with E-state index in [1.807, 2.05) is 4.68 Å². The molecule has 0 aliphatic heterocycles. The van der Waals surface area contributed by atoms with Crippen molar-refractivity contribution in [3.05, 3.63) is 16.4 Å². The van der Waals surface area contributed by atoms with E-state index in [9.17, 15) is 5.11 Å². The highest BCUT2D eigenvalue weighted by atomic mass is 79.9. The lowest BCUT2D eigenvalue weighted by atomic mass is 9.79. The van der Waals surface area contributed by atoms with Crippen molar-refractivity contribution >= 4 is 15.9 Å². The maximum atomic E-state index is 10.5. The fraction of sp³-hybridized carbons (Fsp3) is 0.769. The lowest BCUT2D eigenvalue weighted by Crippen LogP contribution is -2.22. The normalized spacial score (nSPS) is 27.1. The maximum absolute atomic E-state index is 10.5. The van der Waals surface area contributed by atoms with E-state index < -0.39 is 0 Å². The van der Waals surface area contributed by atoms with Crippen molar-refractivity contribution in [2.75, 3.05) is 0 Å². The first kappa shape index (κ1) is 13.1. The van der Waals surface area contributed by atoms with Crippen LogP contribution in [0.4, 0.5) is 0 Å². The highest BCUT2D eigenvalue weighted by Gasteiger charge is 2.29. The highest BCUT2D eigenvalue weighted by Crippen LogP contribution is 2.38. The molecule has 1 aliphatic rings. The van der Waals surface area contributed by atoms with Gasteiger partial charge in [-0.3, -0.25) is 4.68 Å². The molecule has 1 heterocycles. The van der Waals surface area contributed by atoms with E-state index in [1.54, 1.807) is 6.20 Å². The Morgan fingerprint density at radius 3 is 2.71 bits per heavy atom.